The van der Waals surface area contributed by atoms with E-state index in [0.29, 0.717) is 5.56 Å². The van der Waals surface area contributed by atoms with Crippen LogP contribution in [-0.2, 0) is 11.2 Å². The van der Waals surface area contributed by atoms with E-state index < -0.39 is 11.9 Å². The average Bonchev–Trinajstić information content (AvgIpc) is 3.04. The van der Waals surface area contributed by atoms with Crippen LogP contribution in [0.4, 0.5) is 0 Å². The topological polar surface area (TPSA) is 80.3 Å². The van der Waals surface area contributed by atoms with Gasteiger partial charge in [-0.05, 0) is 24.8 Å². The molecule has 0 saturated carbocycles. The Labute approximate surface area is 298 Å². The molecule has 5 heteroatoms. The first-order valence-corrected chi connectivity index (χ1v) is 18.4. The van der Waals surface area contributed by atoms with E-state index in [4.69, 9.17) is 0 Å². The molecule has 0 aliphatic heterocycles. The second-order valence-electron chi connectivity index (χ2n) is 11.8. The van der Waals surface area contributed by atoms with Crippen molar-refractivity contribution in [2.75, 3.05) is 0 Å². The second kappa shape index (κ2) is 45.1. The molecular formula is C40H72O4Sn. The molecule has 0 N–H and O–H groups in total. The molecule has 4 radical (unpaired) electrons. The van der Waals surface area contributed by atoms with E-state index in [2.05, 4.69) is 34.6 Å². The molecule has 0 aliphatic carbocycles. The van der Waals surface area contributed by atoms with Crippen molar-refractivity contribution >= 4 is 35.8 Å². The molecule has 1 aromatic carbocycles. The molecule has 0 aromatic heterocycles. The Morgan fingerprint density at radius 1 is 0.533 bits per heavy atom. The summed E-state index contributed by atoms with van der Waals surface area (Å²) in [5.74, 6) is -2.00. The van der Waals surface area contributed by atoms with Gasteiger partial charge >= 0.3 is 23.9 Å². The van der Waals surface area contributed by atoms with E-state index in [-0.39, 0.29) is 30.3 Å². The van der Waals surface area contributed by atoms with Gasteiger partial charge in [-0.2, -0.15) is 0 Å². The minimum atomic E-state index is -1.09. The zero-order chi connectivity index (χ0) is 33.5. The number of carbonyl (C=O) groups excluding carboxylic acids is 2. The molecule has 0 fully saturated rings. The summed E-state index contributed by atoms with van der Waals surface area (Å²) in [5.41, 5.74) is 1.13. The number of aromatic carboxylic acids is 1. The number of rotatable bonds is 25. The van der Waals surface area contributed by atoms with Gasteiger partial charge in [0.25, 0.3) is 0 Å². The number of carbonyl (C=O) groups is 2. The number of benzene rings is 1. The molecule has 1 aromatic rings. The molecule has 4 nitrogen and oxygen atoms in total. The van der Waals surface area contributed by atoms with Crippen LogP contribution in [0, 0.1) is 13.8 Å². The molecule has 0 unspecified atom stereocenters. The summed E-state index contributed by atoms with van der Waals surface area (Å²) in [5, 5.41) is 20.7. The molecule has 260 valence electrons. The van der Waals surface area contributed by atoms with Gasteiger partial charge in [0.2, 0.25) is 0 Å². The summed E-state index contributed by atoms with van der Waals surface area (Å²) >= 11 is 0. The fourth-order valence-corrected chi connectivity index (χ4v) is 4.55. The van der Waals surface area contributed by atoms with Gasteiger partial charge in [-0.3, -0.25) is 0 Å². The molecule has 0 spiro atoms. The van der Waals surface area contributed by atoms with Crippen LogP contribution in [0.1, 0.15) is 204 Å². The maximum absolute atomic E-state index is 10.5. The molecule has 0 bridgehead atoms. The summed E-state index contributed by atoms with van der Waals surface area (Å²) in [6.07, 6.45) is 32.5. The predicted molar refractivity (Wildman–Crippen MR) is 194 cm³/mol. The zero-order valence-corrected chi connectivity index (χ0v) is 33.1. The van der Waals surface area contributed by atoms with Gasteiger partial charge in [0.05, 0.1) is 5.97 Å². The van der Waals surface area contributed by atoms with Gasteiger partial charge in [0.1, 0.15) is 0 Å². The maximum Gasteiger partial charge on any atom is 2.00 e. The summed E-state index contributed by atoms with van der Waals surface area (Å²) in [6.45, 7) is 15.6. The first-order valence-electron chi connectivity index (χ1n) is 18.4. The molecule has 0 heterocycles. The minimum absolute atomic E-state index is 0. The van der Waals surface area contributed by atoms with Crippen molar-refractivity contribution in [2.24, 2.45) is 0 Å². The third-order valence-corrected chi connectivity index (χ3v) is 7.56. The fraction of sp³-hybridized carbons (Fsp3) is 0.750. The molecule has 0 amide bonds. The molecule has 0 atom stereocenters. The number of carboxylic acids is 2. The van der Waals surface area contributed by atoms with Gasteiger partial charge in [0.15, 0.2) is 0 Å². The van der Waals surface area contributed by atoms with Crippen molar-refractivity contribution in [3.63, 3.8) is 0 Å². The van der Waals surface area contributed by atoms with Crippen molar-refractivity contribution in [1.29, 1.82) is 0 Å². The third kappa shape index (κ3) is 45.1. The van der Waals surface area contributed by atoms with Crippen molar-refractivity contribution < 1.29 is 19.8 Å². The largest absolute Gasteiger partial charge is 2.00 e. The van der Waals surface area contributed by atoms with Crippen molar-refractivity contribution in [3.8, 4) is 0 Å². The number of aliphatic carboxylic acids is 1. The molecule has 0 aliphatic rings. The average molecular weight is 736 g/mol. The van der Waals surface area contributed by atoms with Crippen LogP contribution in [0.2, 0.25) is 0 Å². The van der Waals surface area contributed by atoms with Gasteiger partial charge in [-0.1, -0.05) is 213 Å². The van der Waals surface area contributed by atoms with Gasteiger partial charge < -0.3 is 19.8 Å². The van der Waals surface area contributed by atoms with Crippen LogP contribution >= 0.6 is 0 Å². The monoisotopic (exact) mass is 736 g/mol. The minimum Gasteiger partial charge on any atom is -0.550 e. The van der Waals surface area contributed by atoms with Crippen LogP contribution in [0.5, 0.6) is 0 Å². The van der Waals surface area contributed by atoms with E-state index in [1.54, 1.807) is 18.2 Å². The Kier molecular flexibility index (Phi) is 50.9. The Hall–Kier alpha value is -1.04. The van der Waals surface area contributed by atoms with E-state index in [1.165, 1.54) is 128 Å². The Balaban J connectivity index is -0.000000342. The zero-order valence-electron chi connectivity index (χ0n) is 30.2. The number of unbranched alkanes of at least 4 members (excludes halogenated alkanes) is 21. The molecule has 0 saturated heterocycles. The number of aryl methyl sites for hydroxylation is 1. The molecule has 1 rings (SSSR count). The van der Waals surface area contributed by atoms with E-state index >= 15 is 0 Å². The molecular weight excluding hydrogens is 663 g/mol. The summed E-state index contributed by atoms with van der Waals surface area (Å²) < 4.78 is 0. The van der Waals surface area contributed by atoms with Crippen molar-refractivity contribution in [1.82, 2.24) is 0 Å². The smallest absolute Gasteiger partial charge is 0.550 e. The van der Waals surface area contributed by atoms with Gasteiger partial charge in [-0.15, -0.1) is 0 Å². The van der Waals surface area contributed by atoms with Gasteiger partial charge in [0, 0.05) is 11.5 Å². The SMILES string of the molecule is CCCCCCCCCCCCCCCCCCCCCCC(=O)[O-].CCc1ccccc1C(=O)[O-].[CH2]CCC.[CH2]CCC.[Sn+2]. The fourth-order valence-electron chi connectivity index (χ4n) is 4.55. The van der Waals surface area contributed by atoms with E-state index in [0.717, 1.165) is 37.7 Å². The van der Waals surface area contributed by atoms with Crippen LogP contribution in [-0.4, -0.2) is 35.8 Å². The Bertz CT molecular complexity index is 699. The molecule has 45 heavy (non-hydrogen) atoms. The Morgan fingerprint density at radius 3 is 1.09 bits per heavy atom. The van der Waals surface area contributed by atoms with Gasteiger partial charge in [-0.25, -0.2) is 0 Å². The van der Waals surface area contributed by atoms with Crippen LogP contribution in [0.15, 0.2) is 24.3 Å². The van der Waals surface area contributed by atoms with Crippen molar-refractivity contribution in [2.45, 2.75) is 195 Å². The second-order valence-corrected chi connectivity index (χ2v) is 11.8. The normalized spacial score (nSPS) is 9.82. The number of carboxylic acid groups (broad SMARTS) is 2. The first-order chi connectivity index (χ1) is 21.4. The number of hydrogen-bond donors (Lipinski definition) is 0. The van der Waals surface area contributed by atoms with Crippen LogP contribution in [0.3, 0.4) is 0 Å². The Morgan fingerprint density at radius 2 is 0.844 bits per heavy atom. The summed E-state index contributed by atoms with van der Waals surface area (Å²) in [4.78, 5) is 20.7. The van der Waals surface area contributed by atoms with Crippen LogP contribution in [0.25, 0.3) is 0 Å². The summed E-state index contributed by atoms with van der Waals surface area (Å²) in [6, 6.07) is 6.88. The standard InChI is InChI=1S/C23H46O2.C9H10O2.2C4H9.Sn/c1-2-3-4-5-6-7-8-9-10-11-12-13-14-15-16-17-18-19-20-21-22-23(24)25;1-2-7-5-3-4-6-8(7)9(10)11;2*1-3-4-2;/h2-22H2,1H3,(H,24,25);3-6H,2H2,1H3,(H,10,11);2*1,3-4H2,2H3;/q;;;;+2/p-2. The first kappa shape index (κ1) is 50.8. The number of hydrogen-bond acceptors (Lipinski definition) is 4. The van der Waals surface area contributed by atoms with Crippen molar-refractivity contribution in [3.05, 3.63) is 49.2 Å². The van der Waals surface area contributed by atoms with E-state index in [9.17, 15) is 19.8 Å². The van der Waals surface area contributed by atoms with E-state index in [1.807, 2.05) is 13.0 Å². The predicted octanol–water partition coefficient (Wildman–Crippen LogP) is 10.4. The quantitative estimate of drug-likeness (QED) is 0.0740. The summed E-state index contributed by atoms with van der Waals surface area (Å²) in [7, 11) is 0. The van der Waals surface area contributed by atoms with Crippen LogP contribution < -0.4 is 10.2 Å². The maximum atomic E-state index is 10.5. The third-order valence-electron chi connectivity index (χ3n) is 7.56.